The fraction of sp³-hybridized carbons (Fsp3) is 0.364. The fourth-order valence-corrected chi connectivity index (χ4v) is 2.01. The van der Waals surface area contributed by atoms with Crippen molar-refractivity contribution < 1.29 is 19.0 Å². The lowest BCUT2D eigenvalue weighted by atomic mass is 10.1. The van der Waals surface area contributed by atoms with E-state index in [4.69, 9.17) is 14.2 Å². The highest BCUT2D eigenvalue weighted by atomic mass is 16.7. The minimum Gasteiger partial charge on any atom is -0.493 e. The van der Waals surface area contributed by atoms with Crippen LogP contribution in [0.25, 0.3) is 0 Å². The van der Waals surface area contributed by atoms with Crippen molar-refractivity contribution in [3.63, 3.8) is 0 Å². The van der Waals surface area contributed by atoms with Crippen LogP contribution in [0.5, 0.6) is 17.2 Å². The first-order valence-electron chi connectivity index (χ1n) is 5.30. The second-order valence-electron chi connectivity index (χ2n) is 3.86. The molecule has 6 nitrogen and oxygen atoms in total. The topological polar surface area (TPSA) is 68.8 Å². The van der Waals surface area contributed by atoms with E-state index in [2.05, 4.69) is 10.6 Å². The molecule has 0 saturated carbocycles. The Kier molecular flexibility index (Phi) is 2.21. The number of fused-ring (bicyclic) bond motifs is 1. The summed E-state index contributed by atoms with van der Waals surface area (Å²) in [5, 5.41) is 5.52. The number of benzene rings is 1. The average Bonchev–Trinajstić information content (AvgIpc) is 2.95. The predicted octanol–water partition coefficient (Wildman–Crippen LogP) is 0.778. The quantitative estimate of drug-likeness (QED) is 0.796. The van der Waals surface area contributed by atoms with E-state index < -0.39 is 0 Å². The summed E-state index contributed by atoms with van der Waals surface area (Å²) >= 11 is 0. The van der Waals surface area contributed by atoms with E-state index in [0.29, 0.717) is 23.8 Å². The summed E-state index contributed by atoms with van der Waals surface area (Å²) in [7, 11) is 1.58. The van der Waals surface area contributed by atoms with Crippen molar-refractivity contribution in [2.45, 2.75) is 6.04 Å². The van der Waals surface area contributed by atoms with Crippen molar-refractivity contribution in [2.75, 3.05) is 20.4 Å². The summed E-state index contributed by atoms with van der Waals surface area (Å²) in [6.45, 7) is 0.756. The Hall–Kier alpha value is -2.11. The number of carbonyl (C=O) groups is 1. The van der Waals surface area contributed by atoms with E-state index in [-0.39, 0.29) is 18.9 Å². The molecule has 2 amide bonds. The maximum Gasteiger partial charge on any atom is 0.315 e. The minimum absolute atomic E-state index is 0.0640. The molecule has 17 heavy (non-hydrogen) atoms. The first-order valence-corrected chi connectivity index (χ1v) is 5.30. The number of carbonyl (C=O) groups excluding carboxylic acids is 1. The number of ether oxygens (including phenoxy) is 3. The van der Waals surface area contributed by atoms with E-state index in [1.165, 1.54) is 0 Å². The number of rotatable bonds is 2. The van der Waals surface area contributed by atoms with Gasteiger partial charge in [-0.25, -0.2) is 4.79 Å². The molecule has 90 valence electrons. The zero-order chi connectivity index (χ0) is 11.8. The van der Waals surface area contributed by atoms with Gasteiger partial charge in [-0.2, -0.15) is 0 Å². The molecular formula is C11H12N2O4. The molecule has 1 fully saturated rings. The molecular weight excluding hydrogens is 224 g/mol. The molecule has 2 heterocycles. The standard InChI is InChI=1S/C11H12N2O4/c1-15-8-2-6(7-4-12-11(14)13-7)3-9-10(8)17-5-16-9/h2-3,7H,4-5H2,1H3,(H2,12,13,14)/t7-/m1/s1. The Bertz CT molecular complexity index is 475. The van der Waals surface area contributed by atoms with Gasteiger partial charge >= 0.3 is 6.03 Å². The summed E-state index contributed by atoms with van der Waals surface area (Å²) in [5.74, 6) is 1.89. The third-order valence-electron chi connectivity index (χ3n) is 2.86. The highest BCUT2D eigenvalue weighted by Crippen LogP contribution is 2.43. The van der Waals surface area contributed by atoms with Gasteiger partial charge in [0, 0.05) is 6.54 Å². The van der Waals surface area contributed by atoms with Crippen LogP contribution in [0.1, 0.15) is 11.6 Å². The Balaban J connectivity index is 1.98. The molecule has 1 atom stereocenters. The molecule has 2 aliphatic rings. The molecule has 0 bridgehead atoms. The van der Waals surface area contributed by atoms with E-state index in [1.54, 1.807) is 7.11 Å². The molecule has 0 aliphatic carbocycles. The molecule has 0 radical (unpaired) electrons. The highest BCUT2D eigenvalue weighted by molar-refractivity contribution is 5.77. The minimum atomic E-state index is -0.161. The number of nitrogens with one attached hydrogen (secondary N) is 2. The molecule has 0 spiro atoms. The van der Waals surface area contributed by atoms with Crippen LogP contribution in [0.4, 0.5) is 4.79 Å². The van der Waals surface area contributed by atoms with Crippen molar-refractivity contribution in [1.82, 2.24) is 10.6 Å². The number of amides is 2. The summed E-state index contributed by atoms with van der Waals surface area (Å²) in [4.78, 5) is 11.1. The second kappa shape index (κ2) is 3.73. The maximum absolute atomic E-state index is 11.1. The average molecular weight is 236 g/mol. The number of hydrogen-bond acceptors (Lipinski definition) is 4. The van der Waals surface area contributed by atoms with Gasteiger partial charge in [0.15, 0.2) is 11.5 Å². The lowest BCUT2D eigenvalue weighted by molar-refractivity contribution is 0.171. The first-order chi connectivity index (χ1) is 8.28. The Morgan fingerprint density at radius 1 is 1.41 bits per heavy atom. The van der Waals surface area contributed by atoms with E-state index >= 15 is 0 Å². The monoisotopic (exact) mass is 236 g/mol. The largest absolute Gasteiger partial charge is 0.493 e. The first kappa shape index (κ1) is 10.1. The Morgan fingerprint density at radius 2 is 2.29 bits per heavy atom. The summed E-state index contributed by atoms with van der Waals surface area (Å²) < 4.78 is 15.9. The Labute approximate surface area is 97.8 Å². The van der Waals surface area contributed by atoms with Crippen LogP contribution >= 0.6 is 0 Å². The van der Waals surface area contributed by atoms with Crippen LogP contribution in [0.15, 0.2) is 12.1 Å². The second-order valence-corrected chi connectivity index (χ2v) is 3.86. The smallest absolute Gasteiger partial charge is 0.315 e. The molecule has 1 aromatic carbocycles. The molecule has 2 N–H and O–H groups in total. The maximum atomic E-state index is 11.1. The summed E-state index contributed by atoms with van der Waals surface area (Å²) in [6, 6.07) is 3.49. The van der Waals surface area contributed by atoms with Crippen LogP contribution in [0.2, 0.25) is 0 Å². The Morgan fingerprint density at radius 3 is 3.00 bits per heavy atom. The molecule has 0 unspecified atom stereocenters. The molecule has 1 saturated heterocycles. The third-order valence-corrected chi connectivity index (χ3v) is 2.86. The van der Waals surface area contributed by atoms with Crippen molar-refractivity contribution in [2.24, 2.45) is 0 Å². The van der Waals surface area contributed by atoms with Crippen LogP contribution in [0.3, 0.4) is 0 Å². The predicted molar refractivity (Wildman–Crippen MR) is 58.4 cm³/mol. The van der Waals surface area contributed by atoms with E-state index in [0.717, 1.165) is 5.56 Å². The van der Waals surface area contributed by atoms with Crippen molar-refractivity contribution in [3.8, 4) is 17.2 Å². The van der Waals surface area contributed by atoms with Gasteiger partial charge in [0.2, 0.25) is 12.5 Å². The fourth-order valence-electron chi connectivity index (χ4n) is 2.01. The molecule has 3 rings (SSSR count). The SMILES string of the molecule is COc1cc([C@H]2CNC(=O)N2)cc2c1OCO2. The number of urea groups is 1. The zero-order valence-corrected chi connectivity index (χ0v) is 9.28. The van der Waals surface area contributed by atoms with Gasteiger partial charge in [0.05, 0.1) is 13.2 Å². The van der Waals surface area contributed by atoms with Gasteiger partial charge in [-0.05, 0) is 17.7 Å². The van der Waals surface area contributed by atoms with E-state index in [1.807, 2.05) is 12.1 Å². The van der Waals surface area contributed by atoms with Gasteiger partial charge in [-0.1, -0.05) is 0 Å². The molecule has 0 aromatic heterocycles. The summed E-state index contributed by atoms with van der Waals surface area (Å²) in [6.07, 6.45) is 0. The van der Waals surface area contributed by atoms with Crippen molar-refractivity contribution in [3.05, 3.63) is 17.7 Å². The lowest BCUT2D eigenvalue weighted by Gasteiger charge is -2.12. The molecule has 1 aromatic rings. The normalized spacial score (nSPS) is 21.0. The van der Waals surface area contributed by atoms with Crippen LogP contribution in [-0.4, -0.2) is 26.5 Å². The lowest BCUT2D eigenvalue weighted by Crippen LogP contribution is -2.21. The van der Waals surface area contributed by atoms with E-state index in [9.17, 15) is 4.79 Å². The van der Waals surface area contributed by atoms with Gasteiger partial charge in [0.25, 0.3) is 0 Å². The molecule has 2 aliphatic heterocycles. The zero-order valence-electron chi connectivity index (χ0n) is 9.28. The van der Waals surface area contributed by atoms with Crippen molar-refractivity contribution in [1.29, 1.82) is 0 Å². The van der Waals surface area contributed by atoms with Crippen LogP contribution in [-0.2, 0) is 0 Å². The van der Waals surface area contributed by atoms with Gasteiger partial charge < -0.3 is 24.8 Å². The number of hydrogen-bond donors (Lipinski definition) is 2. The van der Waals surface area contributed by atoms with Gasteiger partial charge in [-0.3, -0.25) is 0 Å². The van der Waals surface area contributed by atoms with Crippen molar-refractivity contribution >= 4 is 6.03 Å². The highest BCUT2D eigenvalue weighted by Gasteiger charge is 2.26. The van der Waals surface area contributed by atoms with Crippen LogP contribution in [0, 0.1) is 0 Å². The molecule has 6 heteroatoms. The third kappa shape index (κ3) is 1.61. The van der Waals surface area contributed by atoms with Gasteiger partial charge in [0.1, 0.15) is 0 Å². The summed E-state index contributed by atoms with van der Waals surface area (Å²) in [5.41, 5.74) is 0.935. The van der Waals surface area contributed by atoms with Gasteiger partial charge in [-0.15, -0.1) is 0 Å². The number of methoxy groups -OCH3 is 1. The van der Waals surface area contributed by atoms with Crippen LogP contribution < -0.4 is 24.8 Å².